The number of Topliss-reactive ketones (excluding diaryl/α,β-unsaturated/α-hetero) is 1. The minimum Gasteiger partial charge on any atom is -0.484 e. The number of nitrogens with zero attached hydrogens (tertiary/aromatic N) is 2. The second kappa shape index (κ2) is 7.33. The molecule has 7 nitrogen and oxygen atoms in total. The molecule has 3 fully saturated rings. The lowest BCUT2D eigenvalue weighted by Gasteiger charge is -2.70. The topological polar surface area (TPSA) is 82.5 Å². The van der Waals surface area contributed by atoms with Crippen molar-refractivity contribution in [1.29, 1.82) is 0 Å². The fourth-order valence-corrected chi connectivity index (χ4v) is 4.58. The average Bonchev–Trinajstić information content (AvgIpc) is 3.03. The van der Waals surface area contributed by atoms with Gasteiger partial charge in [0, 0.05) is 37.3 Å². The number of ketones is 1. The zero-order chi connectivity index (χ0) is 20.6. The molecule has 0 spiro atoms. The fourth-order valence-electron chi connectivity index (χ4n) is 4.46. The Morgan fingerprint density at radius 3 is 2.66 bits per heavy atom. The first-order valence-corrected chi connectivity index (χ1v) is 9.67. The number of nitrogens with one attached hydrogen (secondary N) is 1. The largest absolute Gasteiger partial charge is 0.484 e. The number of benzene rings is 1. The summed E-state index contributed by atoms with van der Waals surface area (Å²) in [5, 5.41) is 7.05. The van der Waals surface area contributed by atoms with Gasteiger partial charge in [0.05, 0.1) is 5.02 Å². The van der Waals surface area contributed by atoms with Crippen LogP contribution in [0.1, 0.15) is 25.7 Å². The monoisotopic (exact) mass is 421 g/mol. The van der Waals surface area contributed by atoms with E-state index in [2.05, 4.69) is 10.4 Å². The second-order valence-electron chi connectivity index (χ2n) is 8.06. The Hall–Kier alpha value is -2.61. The molecule has 29 heavy (non-hydrogen) atoms. The summed E-state index contributed by atoms with van der Waals surface area (Å²) in [5.41, 5.74) is -0.272. The predicted octanol–water partition coefficient (Wildman–Crippen LogP) is 2.67. The number of hydrogen-bond donors (Lipinski definition) is 1. The number of amides is 1. The maximum Gasteiger partial charge on any atom is 0.258 e. The van der Waals surface area contributed by atoms with E-state index < -0.39 is 5.82 Å². The highest BCUT2D eigenvalue weighted by atomic mass is 35.5. The maximum atomic E-state index is 13.4. The van der Waals surface area contributed by atoms with Crippen LogP contribution in [0.2, 0.25) is 5.02 Å². The lowest BCUT2D eigenvalue weighted by atomic mass is 9.38. The summed E-state index contributed by atoms with van der Waals surface area (Å²) < 4.78 is 25.7. The van der Waals surface area contributed by atoms with Crippen LogP contribution in [0.4, 0.5) is 4.39 Å². The van der Waals surface area contributed by atoms with Gasteiger partial charge in [-0.15, -0.1) is 5.10 Å². The van der Waals surface area contributed by atoms with Crippen LogP contribution in [-0.2, 0) is 16.6 Å². The first kappa shape index (κ1) is 19.7. The number of halogens is 2. The molecule has 0 saturated heterocycles. The smallest absolute Gasteiger partial charge is 0.258 e. The normalized spacial score (nSPS) is 24.2. The average molecular weight is 422 g/mol. The molecule has 3 aliphatic carbocycles. The third-order valence-corrected chi connectivity index (χ3v) is 5.75. The minimum absolute atomic E-state index is 0.000875. The van der Waals surface area contributed by atoms with Crippen molar-refractivity contribution in [3.8, 4) is 11.6 Å². The van der Waals surface area contributed by atoms with Gasteiger partial charge in [0.15, 0.2) is 12.4 Å². The Bertz CT molecular complexity index is 941. The molecular weight excluding hydrogens is 401 g/mol. The van der Waals surface area contributed by atoms with E-state index in [9.17, 15) is 14.0 Å². The molecule has 1 aromatic carbocycles. The Morgan fingerprint density at radius 2 is 2.00 bits per heavy atom. The Labute approximate surface area is 172 Å². The van der Waals surface area contributed by atoms with Gasteiger partial charge in [0.1, 0.15) is 18.2 Å². The number of aryl methyl sites for hydroxylation is 1. The van der Waals surface area contributed by atoms with Crippen LogP contribution in [0.3, 0.4) is 0 Å². The highest BCUT2D eigenvalue weighted by Gasteiger charge is 2.68. The van der Waals surface area contributed by atoms with Crippen LogP contribution in [0.25, 0.3) is 0 Å². The van der Waals surface area contributed by atoms with E-state index in [1.165, 1.54) is 12.1 Å². The molecule has 1 heterocycles. The summed E-state index contributed by atoms with van der Waals surface area (Å²) in [6.45, 7) is -0.198. The molecule has 2 aromatic rings. The quantitative estimate of drug-likeness (QED) is 0.673. The van der Waals surface area contributed by atoms with E-state index in [0.717, 1.165) is 25.3 Å². The fraction of sp³-hybridized carbons (Fsp3) is 0.450. The third-order valence-electron chi connectivity index (χ3n) is 5.45. The highest BCUT2D eigenvalue weighted by Crippen LogP contribution is 2.68. The Kier molecular flexibility index (Phi) is 4.98. The van der Waals surface area contributed by atoms with E-state index in [1.54, 1.807) is 24.0 Å². The van der Waals surface area contributed by atoms with E-state index in [0.29, 0.717) is 12.3 Å². The zero-order valence-electron chi connectivity index (χ0n) is 15.9. The predicted molar refractivity (Wildman–Crippen MR) is 102 cm³/mol. The Balaban J connectivity index is 1.17. The molecule has 3 aliphatic rings. The number of carbonyl (C=O) groups excluding carboxylic acids is 2. The molecule has 5 rings (SSSR count). The molecule has 154 valence electrons. The van der Waals surface area contributed by atoms with E-state index >= 15 is 0 Å². The van der Waals surface area contributed by atoms with Crippen LogP contribution >= 0.6 is 11.6 Å². The van der Waals surface area contributed by atoms with Gasteiger partial charge >= 0.3 is 0 Å². The third kappa shape index (κ3) is 4.22. The lowest BCUT2D eigenvalue weighted by Crippen LogP contribution is -2.75. The Morgan fingerprint density at radius 1 is 1.24 bits per heavy atom. The number of carbonyl (C=O) groups is 2. The van der Waals surface area contributed by atoms with Crippen molar-refractivity contribution in [3.05, 3.63) is 41.3 Å². The van der Waals surface area contributed by atoms with Crippen molar-refractivity contribution in [3.63, 3.8) is 0 Å². The summed E-state index contributed by atoms with van der Waals surface area (Å²) in [6, 6.07) is 5.74. The molecule has 1 N–H and O–H groups in total. The van der Waals surface area contributed by atoms with Gasteiger partial charge < -0.3 is 14.8 Å². The molecule has 0 atom stereocenters. The van der Waals surface area contributed by atoms with Gasteiger partial charge in [-0.2, -0.15) is 0 Å². The number of hydrogen-bond acceptors (Lipinski definition) is 5. The van der Waals surface area contributed by atoms with Crippen LogP contribution in [0.15, 0.2) is 30.5 Å². The standard InChI is InChI=1S/C20H21ClFN3O4/c1-25-5-4-18(24-25)29-8-13(26)7-19-10-20(11-19,12-19)23-17(27)9-28-14-2-3-15(21)16(22)6-14/h2-6H,7-12H2,1H3,(H,23,27). The number of aromatic nitrogens is 2. The van der Waals surface area contributed by atoms with Crippen LogP contribution < -0.4 is 14.8 Å². The van der Waals surface area contributed by atoms with E-state index in [4.69, 9.17) is 21.1 Å². The summed E-state index contributed by atoms with van der Waals surface area (Å²) in [5.74, 6) is -0.151. The molecule has 0 aliphatic heterocycles. The molecule has 0 radical (unpaired) electrons. The molecule has 3 saturated carbocycles. The van der Waals surface area contributed by atoms with Gasteiger partial charge in [0.25, 0.3) is 5.91 Å². The van der Waals surface area contributed by atoms with Crippen molar-refractivity contribution in [2.24, 2.45) is 12.5 Å². The van der Waals surface area contributed by atoms with E-state index in [1.807, 2.05) is 0 Å². The molecule has 0 unspecified atom stereocenters. The molecule has 9 heteroatoms. The van der Waals surface area contributed by atoms with E-state index in [-0.39, 0.29) is 46.6 Å². The van der Waals surface area contributed by atoms with Crippen molar-refractivity contribution in [2.75, 3.05) is 13.2 Å². The summed E-state index contributed by atoms with van der Waals surface area (Å²) in [4.78, 5) is 24.3. The van der Waals surface area contributed by atoms with Gasteiger partial charge in [0.2, 0.25) is 5.88 Å². The van der Waals surface area contributed by atoms with Crippen molar-refractivity contribution in [1.82, 2.24) is 15.1 Å². The summed E-state index contributed by atoms with van der Waals surface area (Å²) in [6.07, 6.45) is 4.52. The van der Waals surface area contributed by atoms with Crippen molar-refractivity contribution in [2.45, 2.75) is 31.2 Å². The molecule has 1 aromatic heterocycles. The highest BCUT2D eigenvalue weighted by molar-refractivity contribution is 6.30. The summed E-state index contributed by atoms with van der Waals surface area (Å²) >= 11 is 5.62. The molecule has 1 amide bonds. The molecular formula is C20H21ClFN3O4. The number of rotatable bonds is 9. The maximum absolute atomic E-state index is 13.4. The van der Waals surface area contributed by atoms with Crippen LogP contribution in [-0.4, -0.2) is 40.2 Å². The zero-order valence-corrected chi connectivity index (χ0v) is 16.7. The SMILES string of the molecule is Cn1ccc(OCC(=O)CC23CC(NC(=O)COc4ccc(Cl)c(F)c4)(C2)C3)n1. The van der Waals surface area contributed by atoms with Gasteiger partial charge in [-0.3, -0.25) is 14.3 Å². The first-order valence-electron chi connectivity index (χ1n) is 9.30. The van der Waals surface area contributed by atoms with Gasteiger partial charge in [-0.05, 0) is 36.8 Å². The van der Waals surface area contributed by atoms with Gasteiger partial charge in [-0.1, -0.05) is 11.6 Å². The minimum atomic E-state index is -0.595. The molecule has 2 bridgehead atoms. The lowest BCUT2D eigenvalue weighted by molar-refractivity contribution is -0.173. The van der Waals surface area contributed by atoms with Crippen LogP contribution in [0, 0.1) is 11.2 Å². The van der Waals surface area contributed by atoms with Gasteiger partial charge in [-0.25, -0.2) is 4.39 Å². The number of ether oxygens (including phenoxy) is 2. The summed E-state index contributed by atoms with van der Waals surface area (Å²) in [7, 11) is 1.78. The second-order valence-corrected chi connectivity index (χ2v) is 8.46. The first-order chi connectivity index (χ1) is 13.8. The van der Waals surface area contributed by atoms with Crippen molar-refractivity contribution >= 4 is 23.3 Å². The van der Waals surface area contributed by atoms with Crippen molar-refractivity contribution < 1.29 is 23.5 Å². The van der Waals surface area contributed by atoms with Crippen LogP contribution in [0.5, 0.6) is 11.6 Å².